The van der Waals surface area contributed by atoms with Gasteiger partial charge >= 0.3 is 0 Å². The van der Waals surface area contributed by atoms with Crippen LogP contribution in [0.2, 0.25) is 0 Å². The molecule has 1 aliphatic heterocycles. The molecule has 0 saturated heterocycles. The van der Waals surface area contributed by atoms with Crippen molar-refractivity contribution in [2.24, 2.45) is 0 Å². The summed E-state index contributed by atoms with van der Waals surface area (Å²) in [6.07, 6.45) is 1.28. The van der Waals surface area contributed by atoms with E-state index in [0.717, 1.165) is 50.4 Å². The summed E-state index contributed by atoms with van der Waals surface area (Å²) in [5.41, 5.74) is 6.05. The first-order valence-electron chi connectivity index (χ1n) is 10.4. The Morgan fingerprint density at radius 3 is 2.42 bits per heavy atom. The molecule has 2 atom stereocenters. The highest BCUT2D eigenvalue weighted by Crippen LogP contribution is 2.44. The lowest BCUT2D eigenvalue weighted by atomic mass is 9.78. The second-order valence-corrected chi connectivity index (χ2v) is 8.91. The zero-order valence-corrected chi connectivity index (χ0v) is 18.8. The van der Waals surface area contributed by atoms with Crippen molar-refractivity contribution in [1.82, 2.24) is 0 Å². The Balaban J connectivity index is 1.58. The average Bonchev–Trinajstić information content (AvgIpc) is 2.96. The molecule has 5 rings (SSSR count). The van der Waals surface area contributed by atoms with Gasteiger partial charge in [-0.3, -0.25) is 4.79 Å². The van der Waals surface area contributed by atoms with E-state index in [9.17, 15) is 4.79 Å². The summed E-state index contributed by atoms with van der Waals surface area (Å²) >= 11 is 3.58. The number of anilines is 2. The highest BCUT2D eigenvalue weighted by Gasteiger charge is 2.36. The first-order chi connectivity index (χ1) is 15.1. The molecule has 0 amide bonds. The van der Waals surface area contributed by atoms with Crippen LogP contribution in [0.3, 0.4) is 0 Å². The fourth-order valence-corrected chi connectivity index (χ4v) is 4.96. The molecule has 1 aliphatic carbocycles. The summed E-state index contributed by atoms with van der Waals surface area (Å²) in [5.74, 6) is 1.14. The zero-order chi connectivity index (χ0) is 21.4. The van der Waals surface area contributed by atoms with Gasteiger partial charge < -0.3 is 15.4 Å². The molecule has 5 heteroatoms. The molecule has 0 radical (unpaired) electrons. The number of fused-ring (bicyclic) bond motifs is 1. The molecule has 0 saturated carbocycles. The molecule has 2 aliphatic rings. The van der Waals surface area contributed by atoms with E-state index in [0.29, 0.717) is 6.42 Å². The Morgan fingerprint density at radius 2 is 1.68 bits per heavy atom. The Morgan fingerprint density at radius 1 is 0.903 bits per heavy atom. The van der Waals surface area contributed by atoms with E-state index < -0.39 is 0 Å². The van der Waals surface area contributed by atoms with Crippen molar-refractivity contribution in [3.8, 4) is 5.75 Å². The zero-order valence-electron chi connectivity index (χ0n) is 17.2. The van der Waals surface area contributed by atoms with Crippen molar-refractivity contribution in [2.75, 3.05) is 17.7 Å². The van der Waals surface area contributed by atoms with Crippen LogP contribution in [0.4, 0.5) is 11.4 Å². The molecule has 2 N–H and O–H groups in total. The number of ether oxygens (including phenoxy) is 1. The summed E-state index contributed by atoms with van der Waals surface area (Å²) in [7, 11) is 1.66. The predicted molar refractivity (Wildman–Crippen MR) is 128 cm³/mol. The normalized spacial score (nSPS) is 20.1. The lowest BCUT2D eigenvalue weighted by Gasteiger charge is -2.30. The second-order valence-electron chi connectivity index (χ2n) is 8.00. The number of halogens is 1. The van der Waals surface area contributed by atoms with Gasteiger partial charge in [0.25, 0.3) is 0 Å². The third-order valence-corrected chi connectivity index (χ3v) is 6.57. The molecule has 0 aromatic heterocycles. The number of carbonyl (C=O) groups is 1. The lowest BCUT2D eigenvalue weighted by Crippen LogP contribution is -2.26. The topological polar surface area (TPSA) is 50.4 Å². The van der Waals surface area contributed by atoms with Crippen molar-refractivity contribution in [2.45, 2.75) is 24.8 Å². The number of para-hydroxylation sites is 2. The Labute approximate surface area is 190 Å². The molecular formula is C26H23BrN2O2. The summed E-state index contributed by atoms with van der Waals surface area (Å²) in [6, 6.07) is 24.2. The van der Waals surface area contributed by atoms with E-state index in [1.807, 2.05) is 36.4 Å². The number of allylic oxidation sites excluding steroid dienone is 1. The molecular weight excluding hydrogens is 452 g/mol. The van der Waals surface area contributed by atoms with Gasteiger partial charge in [0.05, 0.1) is 24.5 Å². The summed E-state index contributed by atoms with van der Waals surface area (Å²) in [5, 5.41) is 7.21. The van der Waals surface area contributed by atoms with Crippen LogP contribution in [0, 0.1) is 0 Å². The van der Waals surface area contributed by atoms with Gasteiger partial charge in [0.15, 0.2) is 5.78 Å². The van der Waals surface area contributed by atoms with E-state index in [1.165, 1.54) is 0 Å². The summed E-state index contributed by atoms with van der Waals surface area (Å²) in [4.78, 5) is 13.5. The van der Waals surface area contributed by atoms with Crippen LogP contribution in [-0.4, -0.2) is 12.9 Å². The van der Waals surface area contributed by atoms with E-state index in [1.54, 1.807) is 7.11 Å². The van der Waals surface area contributed by atoms with Crippen LogP contribution in [0.1, 0.15) is 35.9 Å². The fraction of sp³-hybridized carbons (Fsp3) is 0.192. The second kappa shape index (κ2) is 8.23. The third kappa shape index (κ3) is 3.86. The highest BCUT2D eigenvalue weighted by molar-refractivity contribution is 9.10. The summed E-state index contributed by atoms with van der Waals surface area (Å²) in [6.45, 7) is 0. The predicted octanol–water partition coefficient (Wildman–Crippen LogP) is 6.44. The number of nitrogens with one attached hydrogen (secondary N) is 2. The molecule has 0 fully saturated rings. The van der Waals surface area contributed by atoms with Gasteiger partial charge in [-0.05, 0) is 59.9 Å². The van der Waals surface area contributed by atoms with Crippen LogP contribution in [0.5, 0.6) is 5.75 Å². The number of carbonyl (C=O) groups excluding carboxylic acids is 1. The number of ketones is 1. The quantitative estimate of drug-likeness (QED) is 0.458. The van der Waals surface area contributed by atoms with Gasteiger partial charge in [-0.1, -0.05) is 52.3 Å². The Kier molecular flexibility index (Phi) is 5.28. The number of hydrogen-bond acceptors (Lipinski definition) is 4. The minimum Gasteiger partial charge on any atom is -0.497 e. The third-order valence-electron chi connectivity index (χ3n) is 6.08. The van der Waals surface area contributed by atoms with Crippen LogP contribution < -0.4 is 15.4 Å². The monoisotopic (exact) mass is 474 g/mol. The van der Waals surface area contributed by atoms with Gasteiger partial charge in [0, 0.05) is 22.2 Å². The maximum Gasteiger partial charge on any atom is 0.163 e. The van der Waals surface area contributed by atoms with Crippen LogP contribution in [-0.2, 0) is 4.79 Å². The molecule has 0 bridgehead atoms. The first kappa shape index (κ1) is 19.9. The van der Waals surface area contributed by atoms with Crippen molar-refractivity contribution in [1.29, 1.82) is 0 Å². The van der Waals surface area contributed by atoms with Crippen molar-refractivity contribution < 1.29 is 9.53 Å². The van der Waals surface area contributed by atoms with Crippen molar-refractivity contribution in [3.63, 3.8) is 0 Å². The first-order valence-corrected chi connectivity index (χ1v) is 11.2. The highest BCUT2D eigenvalue weighted by atomic mass is 79.9. The minimum absolute atomic E-state index is 0.137. The number of hydrogen-bond donors (Lipinski definition) is 2. The number of rotatable bonds is 3. The van der Waals surface area contributed by atoms with Crippen molar-refractivity contribution >= 4 is 33.1 Å². The number of Topliss-reactive ketones (excluding diaryl/α,β-unsaturated/α-hetero) is 1. The Bertz CT molecular complexity index is 1170. The van der Waals surface area contributed by atoms with E-state index in [-0.39, 0.29) is 17.7 Å². The molecule has 0 spiro atoms. The van der Waals surface area contributed by atoms with Crippen LogP contribution in [0.25, 0.3) is 0 Å². The van der Waals surface area contributed by atoms with E-state index in [2.05, 4.69) is 63.0 Å². The lowest BCUT2D eigenvalue weighted by molar-refractivity contribution is -0.116. The molecule has 1 heterocycles. The van der Waals surface area contributed by atoms with Gasteiger partial charge in [-0.25, -0.2) is 0 Å². The SMILES string of the molecule is COc1ccc([C@@H]2CC(=O)C3=C(C2)Nc2ccccc2N[C@@H]3c2cccc(Br)c2)cc1. The van der Waals surface area contributed by atoms with E-state index >= 15 is 0 Å². The largest absolute Gasteiger partial charge is 0.497 e. The molecule has 4 nitrogen and oxygen atoms in total. The Hall–Kier alpha value is -3.05. The van der Waals surface area contributed by atoms with Gasteiger partial charge in [0.2, 0.25) is 0 Å². The molecule has 0 unspecified atom stereocenters. The van der Waals surface area contributed by atoms with Gasteiger partial charge in [-0.15, -0.1) is 0 Å². The standard InChI is InChI=1S/C26H23BrN2O2/c1-31-20-11-9-16(10-12-20)18-14-23-25(24(30)15-18)26(17-5-4-6-19(27)13-17)29-22-8-3-2-7-21(22)28-23/h2-13,18,26,28-29H,14-15H2,1H3/t18-,26+/m0/s1. The minimum atomic E-state index is -0.201. The molecule has 3 aromatic carbocycles. The average molecular weight is 475 g/mol. The molecule has 156 valence electrons. The summed E-state index contributed by atoms with van der Waals surface area (Å²) < 4.78 is 6.29. The number of methoxy groups -OCH3 is 1. The maximum atomic E-state index is 13.5. The van der Waals surface area contributed by atoms with Gasteiger partial charge in [0.1, 0.15) is 5.75 Å². The van der Waals surface area contributed by atoms with Crippen LogP contribution >= 0.6 is 15.9 Å². The van der Waals surface area contributed by atoms with E-state index in [4.69, 9.17) is 4.74 Å². The van der Waals surface area contributed by atoms with Crippen molar-refractivity contribution in [3.05, 3.63) is 99.7 Å². The van der Waals surface area contributed by atoms with Gasteiger partial charge in [-0.2, -0.15) is 0 Å². The smallest absolute Gasteiger partial charge is 0.163 e. The fourth-order valence-electron chi connectivity index (χ4n) is 4.54. The van der Waals surface area contributed by atoms with Crippen LogP contribution in [0.15, 0.2) is 88.5 Å². The molecule has 31 heavy (non-hydrogen) atoms. The number of benzene rings is 3. The maximum absolute atomic E-state index is 13.5. The molecule has 3 aromatic rings.